The van der Waals surface area contributed by atoms with Crippen LogP contribution in [0.2, 0.25) is 0 Å². The molecule has 0 aliphatic carbocycles. The lowest BCUT2D eigenvalue weighted by atomic mass is 10.2. The summed E-state index contributed by atoms with van der Waals surface area (Å²) < 4.78 is 5.67. The highest BCUT2D eigenvalue weighted by Crippen LogP contribution is 2.14. The summed E-state index contributed by atoms with van der Waals surface area (Å²) in [4.78, 5) is 16.0. The van der Waals surface area contributed by atoms with E-state index in [1.165, 1.54) is 0 Å². The van der Waals surface area contributed by atoms with Crippen LogP contribution in [0.5, 0.6) is 5.75 Å². The van der Waals surface area contributed by atoms with Gasteiger partial charge in [0.1, 0.15) is 5.75 Å². The average Bonchev–Trinajstić information content (AvgIpc) is 2.47. The van der Waals surface area contributed by atoms with Gasteiger partial charge < -0.3 is 10.1 Å². The zero-order valence-corrected chi connectivity index (χ0v) is 10.7. The predicted octanol–water partition coefficient (Wildman–Crippen LogP) is 2.88. The van der Waals surface area contributed by atoms with Crippen molar-refractivity contribution in [2.45, 2.75) is 19.4 Å². The molecule has 0 radical (unpaired) electrons. The molecule has 0 aliphatic heterocycles. The van der Waals surface area contributed by atoms with Crippen LogP contribution in [-0.2, 0) is 4.79 Å². The van der Waals surface area contributed by atoms with Crippen molar-refractivity contribution in [3.05, 3.63) is 54.9 Å². The largest absolute Gasteiger partial charge is 0.481 e. The minimum atomic E-state index is -0.511. The molecule has 0 unspecified atom stereocenters. The Morgan fingerprint density at radius 2 is 2.05 bits per heavy atom. The Bertz CT molecular complexity index is 514. The molecule has 19 heavy (non-hydrogen) atoms. The van der Waals surface area contributed by atoms with Crippen molar-refractivity contribution in [1.82, 2.24) is 4.98 Å². The van der Waals surface area contributed by atoms with Crippen LogP contribution in [0.3, 0.4) is 0 Å². The maximum absolute atomic E-state index is 12.1. The van der Waals surface area contributed by atoms with E-state index in [1.807, 2.05) is 37.3 Å². The molecule has 0 saturated heterocycles. The molecule has 98 valence electrons. The van der Waals surface area contributed by atoms with Crippen LogP contribution < -0.4 is 10.1 Å². The first-order chi connectivity index (χ1) is 9.29. The summed E-state index contributed by atoms with van der Waals surface area (Å²) >= 11 is 0. The van der Waals surface area contributed by atoms with Crippen LogP contribution in [0.4, 0.5) is 5.69 Å². The van der Waals surface area contributed by atoms with E-state index in [-0.39, 0.29) is 5.91 Å². The minimum absolute atomic E-state index is 0.167. The number of benzene rings is 1. The number of anilines is 1. The van der Waals surface area contributed by atoms with E-state index < -0.39 is 6.10 Å². The van der Waals surface area contributed by atoms with Crippen molar-refractivity contribution in [3.63, 3.8) is 0 Å². The fraction of sp³-hybridized carbons (Fsp3) is 0.200. The number of nitrogens with one attached hydrogen (secondary N) is 1. The Kier molecular flexibility index (Phi) is 4.50. The topological polar surface area (TPSA) is 51.2 Å². The van der Waals surface area contributed by atoms with Gasteiger partial charge in [0.25, 0.3) is 5.91 Å². The summed E-state index contributed by atoms with van der Waals surface area (Å²) in [5.41, 5.74) is 0.669. The lowest BCUT2D eigenvalue weighted by Crippen LogP contribution is -2.32. The number of para-hydroxylation sites is 1. The molecule has 0 saturated carbocycles. The number of hydrogen-bond acceptors (Lipinski definition) is 3. The maximum atomic E-state index is 12.1. The Morgan fingerprint density at radius 1 is 1.26 bits per heavy atom. The van der Waals surface area contributed by atoms with E-state index >= 15 is 0 Å². The zero-order chi connectivity index (χ0) is 13.5. The molecule has 1 aromatic carbocycles. The molecule has 2 aromatic rings. The van der Waals surface area contributed by atoms with Gasteiger partial charge in [-0.2, -0.15) is 0 Å². The first-order valence-electron chi connectivity index (χ1n) is 6.22. The summed E-state index contributed by atoms with van der Waals surface area (Å²) in [6, 6.07) is 12.9. The van der Waals surface area contributed by atoms with Gasteiger partial charge in [-0.25, -0.2) is 0 Å². The van der Waals surface area contributed by atoms with Gasteiger partial charge in [0, 0.05) is 6.20 Å². The number of carbonyl (C=O) groups is 1. The van der Waals surface area contributed by atoms with E-state index in [9.17, 15) is 4.79 Å². The molecule has 0 fully saturated rings. The molecule has 0 bridgehead atoms. The number of aromatic nitrogens is 1. The third-order valence-corrected chi connectivity index (χ3v) is 2.61. The summed E-state index contributed by atoms with van der Waals surface area (Å²) in [7, 11) is 0. The van der Waals surface area contributed by atoms with Crippen molar-refractivity contribution in [2.75, 3.05) is 5.32 Å². The molecule has 2 rings (SSSR count). The van der Waals surface area contributed by atoms with Crippen LogP contribution in [0.15, 0.2) is 54.9 Å². The van der Waals surface area contributed by atoms with Crippen molar-refractivity contribution in [1.29, 1.82) is 0 Å². The quantitative estimate of drug-likeness (QED) is 0.895. The van der Waals surface area contributed by atoms with Crippen LogP contribution in [0.1, 0.15) is 13.3 Å². The van der Waals surface area contributed by atoms with Gasteiger partial charge in [-0.3, -0.25) is 9.78 Å². The Hall–Kier alpha value is -2.36. The lowest BCUT2D eigenvalue weighted by Gasteiger charge is -2.17. The Morgan fingerprint density at radius 3 is 2.68 bits per heavy atom. The van der Waals surface area contributed by atoms with Gasteiger partial charge in [0.15, 0.2) is 6.10 Å². The second-order valence-electron chi connectivity index (χ2n) is 4.06. The van der Waals surface area contributed by atoms with E-state index in [0.29, 0.717) is 17.9 Å². The number of carbonyl (C=O) groups excluding carboxylic acids is 1. The molecular weight excluding hydrogens is 240 g/mol. The summed E-state index contributed by atoms with van der Waals surface area (Å²) in [5, 5.41) is 2.79. The van der Waals surface area contributed by atoms with Crippen LogP contribution in [0, 0.1) is 0 Å². The second kappa shape index (κ2) is 6.54. The summed E-state index contributed by atoms with van der Waals surface area (Å²) in [6.45, 7) is 1.91. The number of pyridine rings is 1. The SMILES string of the molecule is CC[C@H](Oc1ccccc1)C(=O)Nc1cccnc1. The smallest absolute Gasteiger partial charge is 0.265 e. The normalized spacial score (nSPS) is 11.6. The monoisotopic (exact) mass is 256 g/mol. The van der Waals surface area contributed by atoms with Gasteiger partial charge in [0.05, 0.1) is 11.9 Å². The first kappa shape index (κ1) is 13.1. The molecule has 0 spiro atoms. The minimum Gasteiger partial charge on any atom is -0.481 e. The molecule has 1 amide bonds. The number of rotatable bonds is 5. The van der Waals surface area contributed by atoms with Crippen molar-refractivity contribution >= 4 is 11.6 Å². The first-order valence-corrected chi connectivity index (χ1v) is 6.22. The van der Waals surface area contributed by atoms with E-state index in [2.05, 4.69) is 10.3 Å². The standard InChI is InChI=1S/C15H16N2O2/c1-2-14(19-13-8-4-3-5-9-13)15(18)17-12-7-6-10-16-11-12/h3-11,14H,2H2,1H3,(H,17,18)/t14-/m0/s1. The highest BCUT2D eigenvalue weighted by Gasteiger charge is 2.18. The van der Waals surface area contributed by atoms with Gasteiger partial charge >= 0.3 is 0 Å². The number of nitrogens with zero attached hydrogens (tertiary/aromatic N) is 1. The van der Waals surface area contributed by atoms with E-state index in [4.69, 9.17) is 4.74 Å². The molecular formula is C15H16N2O2. The van der Waals surface area contributed by atoms with Gasteiger partial charge in [0.2, 0.25) is 0 Å². The third kappa shape index (κ3) is 3.81. The molecule has 4 heteroatoms. The second-order valence-corrected chi connectivity index (χ2v) is 4.06. The van der Waals surface area contributed by atoms with Crippen molar-refractivity contribution < 1.29 is 9.53 Å². The Balaban J connectivity index is 2.00. The van der Waals surface area contributed by atoms with Crippen LogP contribution >= 0.6 is 0 Å². The summed E-state index contributed by atoms with van der Waals surface area (Å²) in [5.74, 6) is 0.523. The molecule has 0 aliphatic rings. The number of amides is 1. The number of hydrogen-bond donors (Lipinski definition) is 1. The highest BCUT2D eigenvalue weighted by molar-refractivity contribution is 5.94. The third-order valence-electron chi connectivity index (χ3n) is 2.61. The predicted molar refractivity (Wildman–Crippen MR) is 74.0 cm³/mol. The molecule has 1 atom stereocenters. The molecule has 1 N–H and O–H groups in total. The molecule has 4 nitrogen and oxygen atoms in total. The fourth-order valence-electron chi connectivity index (χ4n) is 1.65. The maximum Gasteiger partial charge on any atom is 0.265 e. The lowest BCUT2D eigenvalue weighted by molar-refractivity contribution is -0.122. The fourth-order valence-corrected chi connectivity index (χ4v) is 1.65. The number of ether oxygens (including phenoxy) is 1. The van der Waals surface area contributed by atoms with E-state index in [1.54, 1.807) is 24.5 Å². The average molecular weight is 256 g/mol. The van der Waals surface area contributed by atoms with Crippen molar-refractivity contribution in [2.24, 2.45) is 0 Å². The Labute approximate surface area is 112 Å². The zero-order valence-electron chi connectivity index (χ0n) is 10.7. The van der Waals surface area contributed by atoms with Gasteiger partial charge in [-0.15, -0.1) is 0 Å². The van der Waals surface area contributed by atoms with Gasteiger partial charge in [-0.05, 0) is 30.7 Å². The molecule has 1 heterocycles. The molecule has 1 aromatic heterocycles. The van der Waals surface area contributed by atoms with Gasteiger partial charge in [-0.1, -0.05) is 25.1 Å². The highest BCUT2D eigenvalue weighted by atomic mass is 16.5. The van der Waals surface area contributed by atoms with Crippen LogP contribution in [0.25, 0.3) is 0 Å². The van der Waals surface area contributed by atoms with E-state index in [0.717, 1.165) is 0 Å². The van der Waals surface area contributed by atoms with Crippen LogP contribution in [-0.4, -0.2) is 17.0 Å². The summed E-state index contributed by atoms with van der Waals surface area (Å²) in [6.07, 6.45) is 3.35. The van der Waals surface area contributed by atoms with Crippen molar-refractivity contribution in [3.8, 4) is 5.75 Å².